The predicted molar refractivity (Wildman–Crippen MR) is 67.5 cm³/mol. The number of esters is 1. The molecule has 0 saturated heterocycles. The average Bonchev–Trinajstić information content (AvgIpc) is 2.23. The molecule has 3 heteroatoms. The van der Waals surface area contributed by atoms with Crippen molar-refractivity contribution in [1.82, 2.24) is 0 Å². The molecule has 0 heterocycles. The van der Waals surface area contributed by atoms with E-state index in [0.717, 1.165) is 25.7 Å². The number of hydrogen-bond donors (Lipinski definition) is 1. The van der Waals surface area contributed by atoms with Gasteiger partial charge in [0.05, 0.1) is 6.42 Å². The van der Waals surface area contributed by atoms with Gasteiger partial charge in [0.1, 0.15) is 6.10 Å². The van der Waals surface area contributed by atoms with Crippen LogP contribution in [0.5, 0.6) is 0 Å². The van der Waals surface area contributed by atoms with Crippen molar-refractivity contribution in [3.63, 3.8) is 0 Å². The summed E-state index contributed by atoms with van der Waals surface area (Å²) in [5, 5.41) is 0. The van der Waals surface area contributed by atoms with Crippen LogP contribution in [0, 0.1) is 11.3 Å². The molecular formula is C14H25NO2. The van der Waals surface area contributed by atoms with Gasteiger partial charge in [-0.15, -0.1) is 0 Å². The standard InChI is InChI=1S/C14H25NO2/c1-11-4-2-5-12(8-11)17-13(16)9-14(10-15)6-3-7-14/h11-12H,2-10,15H2,1H3. The lowest BCUT2D eigenvalue weighted by atomic mass is 9.67. The molecule has 0 aliphatic heterocycles. The van der Waals surface area contributed by atoms with Gasteiger partial charge in [0.25, 0.3) is 0 Å². The van der Waals surface area contributed by atoms with E-state index in [0.29, 0.717) is 18.9 Å². The molecule has 2 aliphatic rings. The van der Waals surface area contributed by atoms with Crippen LogP contribution >= 0.6 is 0 Å². The van der Waals surface area contributed by atoms with Gasteiger partial charge >= 0.3 is 5.97 Å². The molecule has 2 saturated carbocycles. The van der Waals surface area contributed by atoms with Crippen LogP contribution in [0.25, 0.3) is 0 Å². The molecule has 98 valence electrons. The predicted octanol–water partition coefficient (Wildman–Crippen LogP) is 2.63. The van der Waals surface area contributed by atoms with Gasteiger partial charge in [-0.1, -0.05) is 19.8 Å². The van der Waals surface area contributed by atoms with Crippen molar-refractivity contribution in [2.24, 2.45) is 17.1 Å². The summed E-state index contributed by atoms with van der Waals surface area (Å²) < 4.78 is 5.60. The van der Waals surface area contributed by atoms with Gasteiger partial charge in [-0.3, -0.25) is 4.79 Å². The Hall–Kier alpha value is -0.570. The van der Waals surface area contributed by atoms with Gasteiger partial charge in [-0.25, -0.2) is 0 Å². The molecule has 2 rings (SSSR count). The molecule has 0 aromatic carbocycles. The summed E-state index contributed by atoms with van der Waals surface area (Å²) in [7, 11) is 0. The quantitative estimate of drug-likeness (QED) is 0.767. The van der Waals surface area contributed by atoms with E-state index in [-0.39, 0.29) is 17.5 Å². The highest BCUT2D eigenvalue weighted by atomic mass is 16.5. The molecule has 0 aromatic heterocycles. The van der Waals surface area contributed by atoms with Crippen molar-refractivity contribution in [1.29, 1.82) is 0 Å². The molecule has 17 heavy (non-hydrogen) atoms. The number of carbonyl (C=O) groups excluding carboxylic acids is 1. The highest BCUT2D eigenvalue weighted by Gasteiger charge is 2.38. The third kappa shape index (κ3) is 3.21. The number of nitrogens with two attached hydrogens (primary N) is 1. The van der Waals surface area contributed by atoms with E-state index in [4.69, 9.17) is 10.5 Å². The molecule has 0 amide bonds. The minimum atomic E-state index is -0.0192. The summed E-state index contributed by atoms with van der Waals surface area (Å²) in [6, 6.07) is 0. The van der Waals surface area contributed by atoms with E-state index in [1.807, 2.05) is 0 Å². The number of ether oxygens (including phenoxy) is 1. The number of carbonyl (C=O) groups is 1. The largest absolute Gasteiger partial charge is 0.462 e. The second-order valence-electron chi connectivity index (χ2n) is 6.12. The molecule has 0 aromatic rings. The zero-order valence-electron chi connectivity index (χ0n) is 10.9. The Labute approximate surface area is 104 Å². The van der Waals surface area contributed by atoms with Crippen LogP contribution in [-0.4, -0.2) is 18.6 Å². The fourth-order valence-corrected chi connectivity index (χ4v) is 3.15. The first-order chi connectivity index (χ1) is 8.13. The van der Waals surface area contributed by atoms with E-state index in [1.165, 1.54) is 19.3 Å². The molecule has 3 nitrogen and oxygen atoms in total. The van der Waals surface area contributed by atoms with Crippen molar-refractivity contribution in [3.05, 3.63) is 0 Å². The molecule has 2 fully saturated rings. The van der Waals surface area contributed by atoms with Crippen molar-refractivity contribution >= 4 is 5.97 Å². The van der Waals surface area contributed by atoms with E-state index in [1.54, 1.807) is 0 Å². The number of hydrogen-bond acceptors (Lipinski definition) is 3. The minimum absolute atomic E-state index is 0.0192. The summed E-state index contributed by atoms with van der Waals surface area (Å²) in [6.45, 7) is 2.87. The average molecular weight is 239 g/mol. The highest BCUT2D eigenvalue weighted by Crippen LogP contribution is 2.43. The first-order valence-electron chi connectivity index (χ1n) is 7.03. The first kappa shape index (κ1) is 12.9. The maximum absolute atomic E-state index is 11.9. The number of rotatable bonds is 4. The van der Waals surface area contributed by atoms with Crippen LogP contribution in [0.3, 0.4) is 0 Å². The Bertz CT molecular complexity index is 268. The summed E-state index contributed by atoms with van der Waals surface area (Å²) in [5.74, 6) is 0.683. The molecular weight excluding hydrogens is 214 g/mol. The molecule has 2 N–H and O–H groups in total. The molecule has 0 bridgehead atoms. The van der Waals surface area contributed by atoms with Crippen molar-refractivity contribution in [2.75, 3.05) is 6.54 Å². The van der Waals surface area contributed by atoms with Gasteiger partial charge in [0, 0.05) is 0 Å². The van der Waals surface area contributed by atoms with Gasteiger partial charge < -0.3 is 10.5 Å². The third-order valence-electron chi connectivity index (χ3n) is 4.55. The van der Waals surface area contributed by atoms with E-state index < -0.39 is 0 Å². The molecule has 2 atom stereocenters. The van der Waals surface area contributed by atoms with Crippen molar-refractivity contribution in [3.8, 4) is 0 Å². The van der Waals surface area contributed by atoms with Crippen LogP contribution < -0.4 is 5.73 Å². The Morgan fingerprint density at radius 3 is 2.65 bits per heavy atom. The van der Waals surface area contributed by atoms with Crippen molar-refractivity contribution < 1.29 is 9.53 Å². The van der Waals surface area contributed by atoms with Gasteiger partial charge in [0.15, 0.2) is 0 Å². The minimum Gasteiger partial charge on any atom is -0.462 e. The van der Waals surface area contributed by atoms with Gasteiger partial charge in [-0.05, 0) is 50.0 Å². The second kappa shape index (κ2) is 5.38. The van der Waals surface area contributed by atoms with E-state index >= 15 is 0 Å². The van der Waals surface area contributed by atoms with E-state index in [9.17, 15) is 4.79 Å². The fraction of sp³-hybridized carbons (Fsp3) is 0.929. The zero-order valence-corrected chi connectivity index (χ0v) is 10.9. The highest BCUT2D eigenvalue weighted by molar-refractivity contribution is 5.70. The van der Waals surface area contributed by atoms with Gasteiger partial charge in [-0.2, -0.15) is 0 Å². The maximum atomic E-state index is 11.9. The molecule has 2 unspecified atom stereocenters. The lowest BCUT2D eigenvalue weighted by molar-refractivity contribution is -0.155. The van der Waals surface area contributed by atoms with Crippen LogP contribution in [0.1, 0.15) is 58.3 Å². The Kier molecular flexibility index (Phi) is 4.08. The summed E-state index contributed by atoms with van der Waals surface area (Å²) in [5.41, 5.74) is 5.85. The maximum Gasteiger partial charge on any atom is 0.306 e. The lowest BCUT2D eigenvalue weighted by Gasteiger charge is -2.40. The van der Waals surface area contributed by atoms with Crippen LogP contribution in [0.15, 0.2) is 0 Å². The zero-order chi connectivity index (χ0) is 12.3. The normalized spacial score (nSPS) is 31.6. The SMILES string of the molecule is CC1CCCC(OC(=O)CC2(CN)CCC2)C1. The molecule has 0 radical (unpaired) electrons. The molecule has 0 spiro atoms. The summed E-state index contributed by atoms with van der Waals surface area (Å²) >= 11 is 0. The third-order valence-corrected chi connectivity index (χ3v) is 4.55. The van der Waals surface area contributed by atoms with Crippen LogP contribution in [0.2, 0.25) is 0 Å². The Morgan fingerprint density at radius 2 is 2.12 bits per heavy atom. The summed E-state index contributed by atoms with van der Waals surface area (Å²) in [6.07, 6.45) is 8.68. The van der Waals surface area contributed by atoms with E-state index in [2.05, 4.69) is 6.92 Å². The smallest absolute Gasteiger partial charge is 0.306 e. The Morgan fingerprint density at radius 1 is 1.35 bits per heavy atom. The van der Waals surface area contributed by atoms with Crippen LogP contribution in [0.4, 0.5) is 0 Å². The van der Waals surface area contributed by atoms with Crippen molar-refractivity contribution in [2.45, 2.75) is 64.4 Å². The summed E-state index contributed by atoms with van der Waals surface area (Å²) in [4.78, 5) is 11.9. The lowest BCUT2D eigenvalue weighted by Crippen LogP contribution is -2.40. The monoisotopic (exact) mass is 239 g/mol. The Balaban J connectivity index is 1.76. The topological polar surface area (TPSA) is 52.3 Å². The first-order valence-corrected chi connectivity index (χ1v) is 7.03. The fourth-order valence-electron chi connectivity index (χ4n) is 3.15. The molecule has 2 aliphatic carbocycles. The second-order valence-corrected chi connectivity index (χ2v) is 6.12. The van der Waals surface area contributed by atoms with Crippen LogP contribution in [-0.2, 0) is 9.53 Å². The van der Waals surface area contributed by atoms with Gasteiger partial charge in [0.2, 0.25) is 0 Å².